The summed E-state index contributed by atoms with van der Waals surface area (Å²) in [7, 11) is 0. The van der Waals surface area contributed by atoms with Crippen molar-refractivity contribution in [2.24, 2.45) is 5.92 Å². The van der Waals surface area contributed by atoms with Crippen molar-refractivity contribution in [2.45, 2.75) is 52.0 Å². The van der Waals surface area contributed by atoms with Crippen molar-refractivity contribution in [1.29, 1.82) is 0 Å². The van der Waals surface area contributed by atoms with Crippen LogP contribution in [0.25, 0.3) is 0 Å². The highest BCUT2D eigenvalue weighted by Crippen LogP contribution is 2.20. The summed E-state index contributed by atoms with van der Waals surface area (Å²) in [6.45, 7) is 13.5. The third-order valence-electron chi connectivity index (χ3n) is 5.11. The van der Waals surface area contributed by atoms with Crippen LogP contribution in [0.5, 0.6) is 0 Å². The van der Waals surface area contributed by atoms with Crippen LogP contribution in [0.2, 0.25) is 0 Å². The number of rotatable bonds is 5. The zero-order valence-corrected chi connectivity index (χ0v) is 13.0. The molecule has 2 saturated heterocycles. The highest BCUT2D eigenvalue weighted by atomic mass is 15.2. The monoisotopic (exact) mass is 267 g/mol. The maximum atomic E-state index is 3.48. The number of nitrogens with zero attached hydrogens (tertiary/aromatic N) is 2. The Bertz CT molecular complexity index is 238. The van der Waals surface area contributed by atoms with Gasteiger partial charge in [-0.15, -0.1) is 0 Å². The summed E-state index contributed by atoms with van der Waals surface area (Å²) in [6.07, 6.45) is 6.94. The lowest BCUT2D eigenvalue weighted by molar-refractivity contribution is 0.145. The van der Waals surface area contributed by atoms with Crippen LogP contribution in [0.1, 0.15) is 46.0 Å². The SMILES string of the molecule is CCN1CCCC(N(CC)CC2CCNCC2)CC1. The van der Waals surface area contributed by atoms with E-state index in [0.29, 0.717) is 0 Å². The number of likely N-dealkylation sites (tertiary alicyclic amines) is 1. The van der Waals surface area contributed by atoms with E-state index < -0.39 is 0 Å². The maximum Gasteiger partial charge on any atom is 0.0108 e. The minimum atomic E-state index is 0.844. The Kier molecular flexibility index (Phi) is 6.62. The molecule has 2 aliphatic rings. The molecule has 0 amide bonds. The van der Waals surface area contributed by atoms with E-state index in [1.54, 1.807) is 0 Å². The lowest BCUT2D eigenvalue weighted by Gasteiger charge is -2.34. The Hall–Kier alpha value is -0.120. The number of nitrogens with one attached hydrogen (secondary N) is 1. The van der Waals surface area contributed by atoms with Crippen LogP contribution in [0.15, 0.2) is 0 Å². The topological polar surface area (TPSA) is 18.5 Å². The van der Waals surface area contributed by atoms with E-state index in [2.05, 4.69) is 29.0 Å². The summed E-state index contributed by atoms with van der Waals surface area (Å²) >= 11 is 0. The predicted octanol–water partition coefficient (Wildman–Crippen LogP) is 2.18. The van der Waals surface area contributed by atoms with Crippen LogP contribution in [0, 0.1) is 5.92 Å². The molecular weight excluding hydrogens is 234 g/mol. The van der Waals surface area contributed by atoms with E-state index in [1.807, 2.05) is 0 Å². The van der Waals surface area contributed by atoms with Crippen LogP contribution in [-0.2, 0) is 0 Å². The van der Waals surface area contributed by atoms with Crippen LogP contribution in [0.3, 0.4) is 0 Å². The first-order valence-corrected chi connectivity index (χ1v) is 8.50. The number of piperidine rings is 1. The summed E-state index contributed by atoms with van der Waals surface area (Å²) in [5, 5.41) is 3.48. The summed E-state index contributed by atoms with van der Waals surface area (Å²) in [4.78, 5) is 5.41. The molecule has 0 bridgehead atoms. The summed E-state index contributed by atoms with van der Waals surface area (Å²) in [5.41, 5.74) is 0. The van der Waals surface area contributed by atoms with Gasteiger partial charge in [0, 0.05) is 12.6 Å². The van der Waals surface area contributed by atoms with Crippen LogP contribution < -0.4 is 5.32 Å². The van der Waals surface area contributed by atoms with E-state index in [4.69, 9.17) is 0 Å². The quantitative estimate of drug-likeness (QED) is 0.824. The smallest absolute Gasteiger partial charge is 0.0108 e. The first-order chi connectivity index (χ1) is 9.33. The second kappa shape index (κ2) is 8.23. The highest BCUT2D eigenvalue weighted by molar-refractivity contribution is 4.80. The Morgan fingerprint density at radius 2 is 1.84 bits per heavy atom. The summed E-state index contributed by atoms with van der Waals surface area (Å²) in [6, 6.07) is 0.844. The molecule has 2 fully saturated rings. The average Bonchev–Trinajstić information content (AvgIpc) is 2.71. The Balaban J connectivity index is 1.82. The molecule has 0 saturated carbocycles. The summed E-state index contributed by atoms with van der Waals surface area (Å²) < 4.78 is 0. The van der Waals surface area contributed by atoms with Crippen molar-refractivity contribution in [3.05, 3.63) is 0 Å². The Labute approximate surface area is 119 Å². The van der Waals surface area contributed by atoms with Gasteiger partial charge in [-0.05, 0) is 77.3 Å². The molecule has 3 nitrogen and oxygen atoms in total. The van der Waals surface area contributed by atoms with Gasteiger partial charge in [0.2, 0.25) is 0 Å². The fourth-order valence-corrected chi connectivity index (χ4v) is 3.75. The molecule has 19 heavy (non-hydrogen) atoms. The lowest BCUT2D eigenvalue weighted by Crippen LogP contribution is -2.42. The van der Waals surface area contributed by atoms with Crippen LogP contribution >= 0.6 is 0 Å². The van der Waals surface area contributed by atoms with Crippen molar-refractivity contribution in [1.82, 2.24) is 15.1 Å². The standard InChI is InChI=1S/C16H33N3/c1-3-18-12-5-6-16(9-13-18)19(4-2)14-15-7-10-17-11-8-15/h15-17H,3-14H2,1-2H3. The molecule has 0 aromatic heterocycles. The highest BCUT2D eigenvalue weighted by Gasteiger charge is 2.24. The molecule has 2 aliphatic heterocycles. The summed E-state index contributed by atoms with van der Waals surface area (Å²) in [5.74, 6) is 0.937. The van der Waals surface area contributed by atoms with Crippen molar-refractivity contribution >= 4 is 0 Å². The third-order valence-corrected chi connectivity index (χ3v) is 5.11. The molecule has 1 atom stereocenters. The molecule has 1 N–H and O–H groups in total. The van der Waals surface area contributed by atoms with Gasteiger partial charge < -0.3 is 15.1 Å². The van der Waals surface area contributed by atoms with E-state index in [0.717, 1.165) is 12.0 Å². The molecule has 0 radical (unpaired) electrons. The van der Waals surface area contributed by atoms with E-state index in [-0.39, 0.29) is 0 Å². The number of hydrogen-bond donors (Lipinski definition) is 1. The predicted molar refractivity (Wildman–Crippen MR) is 82.6 cm³/mol. The van der Waals surface area contributed by atoms with Crippen LogP contribution in [-0.4, -0.2) is 61.7 Å². The molecule has 112 valence electrons. The molecule has 1 unspecified atom stereocenters. The molecule has 2 heterocycles. The minimum Gasteiger partial charge on any atom is -0.317 e. The van der Waals surface area contributed by atoms with Crippen molar-refractivity contribution in [3.63, 3.8) is 0 Å². The Morgan fingerprint density at radius 1 is 1.05 bits per heavy atom. The van der Waals surface area contributed by atoms with Gasteiger partial charge >= 0.3 is 0 Å². The fraction of sp³-hybridized carbons (Fsp3) is 1.00. The molecule has 0 aromatic carbocycles. The second-order valence-electron chi connectivity index (χ2n) is 6.30. The second-order valence-corrected chi connectivity index (χ2v) is 6.30. The first kappa shape index (κ1) is 15.3. The van der Waals surface area contributed by atoms with Gasteiger partial charge in [-0.3, -0.25) is 0 Å². The minimum absolute atomic E-state index is 0.844. The molecule has 2 rings (SSSR count). The normalized spacial score (nSPS) is 27.6. The molecule has 0 spiro atoms. The van der Waals surface area contributed by atoms with Gasteiger partial charge in [0.05, 0.1) is 0 Å². The molecule has 0 aliphatic carbocycles. The maximum absolute atomic E-state index is 3.48. The van der Waals surface area contributed by atoms with Crippen molar-refractivity contribution < 1.29 is 0 Å². The molecule has 0 aromatic rings. The van der Waals surface area contributed by atoms with E-state index in [9.17, 15) is 0 Å². The van der Waals surface area contributed by atoms with Crippen molar-refractivity contribution in [2.75, 3.05) is 45.8 Å². The van der Waals surface area contributed by atoms with Crippen molar-refractivity contribution in [3.8, 4) is 0 Å². The first-order valence-electron chi connectivity index (χ1n) is 8.50. The Morgan fingerprint density at radius 3 is 2.53 bits per heavy atom. The average molecular weight is 267 g/mol. The third kappa shape index (κ3) is 4.73. The zero-order chi connectivity index (χ0) is 13.5. The van der Waals surface area contributed by atoms with Gasteiger partial charge in [-0.25, -0.2) is 0 Å². The van der Waals surface area contributed by atoms with E-state index in [1.165, 1.54) is 77.9 Å². The van der Waals surface area contributed by atoms with Gasteiger partial charge in [-0.2, -0.15) is 0 Å². The fourth-order valence-electron chi connectivity index (χ4n) is 3.75. The molecule has 3 heteroatoms. The molecular formula is C16H33N3. The van der Waals surface area contributed by atoms with Gasteiger partial charge in [-0.1, -0.05) is 13.8 Å². The number of hydrogen-bond acceptors (Lipinski definition) is 3. The van der Waals surface area contributed by atoms with Gasteiger partial charge in [0.25, 0.3) is 0 Å². The van der Waals surface area contributed by atoms with Crippen LogP contribution in [0.4, 0.5) is 0 Å². The zero-order valence-electron chi connectivity index (χ0n) is 13.0. The largest absolute Gasteiger partial charge is 0.317 e. The lowest BCUT2D eigenvalue weighted by atomic mass is 9.96. The van der Waals surface area contributed by atoms with E-state index >= 15 is 0 Å². The van der Waals surface area contributed by atoms with Gasteiger partial charge in [0.15, 0.2) is 0 Å². The van der Waals surface area contributed by atoms with Gasteiger partial charge in [0.1, 0.15) is 0 Å².